The molecule has 0 radical (unpaired) electrons. The van der Waals surface area contributed by atoms with E-state index in [4.69, 9.17) is 5.11 Å². The van der Waals surface area contributed by atoms with Gasteiger partial charge in [0.15, 0.2) is 0 Å². The molecule has 2 amide bonds. The number of carbonyl (C=O) groups excluding carboxylic acids is 1. The van der Waals surface area contributed by atoms with Crippen LogP contribution in [0.25, 0.3) is 0 Å². The summed E-state index contributed by atoms with van der Waals surface area (Å²) in [6, 6.07) is -0.384. The van der Waals surface area contributed by atoms with Gasteiger partial charge in [-0.2, -0.15) is 0 Å². The summed E-state index contributed by atoms with van der Waals surface area (Å²) >= 11 is 0. The van der Waals surface area contributed by atoms with E-state index in [0.29, 0.717) is 6.54 Å². The third-order valence-corrected chi connectivity index (χ3v) is 1.29. The van der Waals surface area contributed by atoms with E-state index in [9.17, 15) is 9.59 Å². The molecule has 5 nitrogen and oxygen atoms in total. The molecule has 2 N–H and O–H groups in total. The minimum absolute atomic E-state index is 0.234. The Hall–Kier alpha value is -1.52. The van der Waals surface area contributed by atoms with Crippen LogP contribution in [0.5, 0.6) is 0 Å². The largest absolute Gasteiger partial charge is 0.480 e. The van der Waals surface area contributed by atoms with Gasteiger partial charge in [0.1, 0.15) is 6.54 Å². The quantitative estimate of drug-likeness (QED) is 0.606. The van der Waals surface area contributed by atoms with E-state index in [2.05, 4.69) is 11.9 Å². The van der Waals surface area contributed by atoms with Crippen molar-refractivity contribution in [3.05, 3.63) is 12.7 Å². The molecule has 0 aromatic carbocycles. The second-order valence-electron chi connectivity index (χ2n) is 2.40. The van der Waals surface area contributed by atoms with Crippen molar-refractivity contribution in [2.75, 3.05) is 19.6 Å². The zero-order valence-corrected chi connectivity index (χ0v) is 7.62. The maximum Gasteiger partial charge on any atom is 0.323 e. The SMILES string of the molecule is C=CCN(CC(=O)O)C(=O)NCC. The number of carboxylic acid groups (broad SMARTS) is 1. The van der Waals surface area contributed by atoms with Gasteiger partial charge >= 0.3 is 12.0 Å². The molecule has 0 aromatic heterocycles. The first-order valence-corrected chi connectivity index (χ1v) is 3.97. The predicted octanol–water partition coefficient (Wildman–Crippen LogP) is 0.289. The van der Waals surface area contributed by atoms with Gasteiger partial charge in [-0.3, -0.25) is 4.79 Å². The molecule has 13 heavy (non-hydrogen) atoms. The number of amides is 2. The highest BCUT2D eigenvalue weighted by atomic mass is 16.4. The molecule has 0 spiro atoms. The molecule has 0 atom stereocenters. The fourth-order valence-electron chi connectivity index (χ4n) is 0.801. The van der Waals surface area contributed by atoms with E-state index >= 15 is 0 Å². The Bertz CT molecular complexity index is 204. The fourth-order valence-corrected chi connectivity index (χ4v) is 0.801. The lowest BCUT2D eigenvalue weighted by molar-refractivity contribution is -0.137. The molecule has 0 heterocycles. The number of rotatable bonds is 5. The average Bonchev–Trinajstić information content (AvgIpc) is 2.03. The Morgan fingerprint density at radius 3 is 2.62 bits per heavy atom. The lowest BCUT2D eigenvalue weighted by atomic mass is 10.5. The summed E-state index contributed by atoms with van der Waals surface area (Å²) in [6.45, 7) is 5.61. The number of nitrogens with zero attached hydrogens (tertiary/aromatic N) is 1. The van der Waals surface area contributed by atoms with Crippen LogP contribution in [0.4, 0.5) is 4.79 Å². The highest BCUT2D eigenvalue weighted by Gasteiger charge is 2.13. The van der Waals surface area contributed by atoms with E-state index < -0.39 is 5.97 Å². The number of carbonyl (C=O) groups is 2. The topological polar surface area (TPSA) is 69.6 Å². The molecule has 74 valence electrons. The highest BCUT2D eigenvalue weighted by molar-refractivity contribution is 5.80. The van der Waals surface area contributed by atoms with Gasteiger partial charge < -0.3 is 15.3 Å². The van der Waals surface area contributed by atoms with Crippen molar-refractivity contribution in [1.29, 1.82) is 0 Å². The highest BCUT2D eigenvalue weighted by Crippen LogP contribution is 1.89. The molecule has 0 aliphatic heterocycles. The van der Waals surface area contributed by atoms with Gasteiger partial charge in [-0.15, -0.1) is 6.58 Å². The van der Waals surface area contributed by atoms with Crippen molar-refractivity contribution >= 4 is 12.0 Å². The van der Waals surface area contributed by atoms with Crippen LogP contribution in [0, 0.1) is 0 Å². The van der Waals surface area contributed by atoms with E-state index in [1.54, 1.807) is 6.92 Å². The summed E-state index contributed by atoms with van der Waals surface area (Å²) in [5, 5.41) is 11.0. The van der Waals surface area contributed by atoms with Gasteiger partial charge in [0.05, 0.1) is 0 Å². The zero-order valence-electron chi connectivity index (χ0n) is 7.62. The van der Waals surface area contributed by atoms with Crippen LogP contribution in [0.15, 0.2) is 12.7 Å². The first-order chi connectivity index (χ1) is 6.11. The minimum atomic E-state index is -1.03. The Morgan fingerprint density at radius 1 is 1.62 bits per heavy atom. The Labute approximate surface area is 77.0 Å². The van der Waals surface area contributed by atoms with E-state index in [1.165, 1.54) is 11.0 Å². The number of hydrogen-bond donors (Lipinski definition) is 2. The van der Waals surface area contributed by atoms with Crippen LogP contribution in [0.1, 0.15) is 6.92 Å². The monoisotopic (exact) mass is 186 g/mol. The van der Waals surface area contributed by atoms with Gasteiger partial charge in [0.2, 0.25) is 0 Å². The van der Waals surface area contributed by atoms with E-state index in [0.717, 1.165) is 0 Å². The maximum atomic E-state index is 11.2. The van der Waals surface area contributed by atoms with Crippen molar-refractivity contribution in [1.82, 2.24) is 10.2 Å². The number of nitrogens with one attached hydrogen (secondary N) is 1. The number of carboxylic acids is 1. The van der Waals surface area contributed by atoms with Crippen molar-refractivity contribution in [3.8, 4) is 0 Å². The Morgan fingerprint density at radius 2 is 2.23 bits per heavy atom. The Balaban J connectivity index is 4.13. The number of hydrogen-bond acceptors (Lipinski definition) is 2. The summed E-state index contributed by atoms with van der Waals surface area (Å²) in [6.07, 6.45) is 1.48. The third kappa shape index (κ3) is 4.84. The fraction of sp³-hybridized carbons (Fsp3) is 0.500. The molecule has 0 aliphatic rings. The zero-order chi connectivity index (χ0) is 10.3. The summed E-state index contributed by atoms with van der Waals surface area (Å²) in [5.74, 6) is -1.03. The van der Waals surface area contributed by atoms with Crippen molar-refractivity contribution < 1.29 is 14.7 Å². The lowest BCUT2D eigenvalue weighted by Gasteiger charge is -2.18. The smallest absolute Gasteiger partial charge is 0.323 e. The van der Waals surface area contributed by atoms with Crippen LogP contribution in [0.2, 0.25) is 0 Å². The molecule has 0 aliphatic carbocycles. The number of urea groups is 1. The summed E-state index contributed by atoms with van der Waals surface area (Å²) < 4.78 is 0. The van der Waals surface area contributed by atoms with Crippen molar-refractivity contribution in [2.45, 2.75) is 6.92 Å². The Kier molecular flexibility index (Phi) is 5.34. The van der Waals surface area contributed by atoms with E-state index in [-0.39, 0.29) is 19.1 Å². The van der Waals surface area contributed by atoms with Gasteiger partial charge in [0, 0.05) is 13.1 Å². The number of aliphatic carboxylic acids is 1. The van der Waals surface area contributed by atoms with Crippen LogP contribution >= 0.6 is 0 Å². The molecule has 5 heteroatoms. The van der Waals surface area contributed by atoms with Gasteiger partial charge in [-0.1, -0.05) is 6.08 Å². The molecule has 0 saturated carbocycles. The average molecular weight is 186 g/mol. The van der Waals surface area contributed by atoms with Crippen LogP contribution in [0.3, 0.4) is 0 Å². The van der Waals surface area contributed by atoms with Crippen LogP contribution in [-0.4, -0.2) is 41.6 Å². The predicted molar refractivity (Wildman–Crippen MR) is 48.5 cm³/mol. The maximum absolute atomic E-state index is 11.2. The first-order valence-electron chi connectivity index (χ1n) is 3.97. The van der Waals surface area contributed by atoms with Crippen LogP contribution in [-0.2, 0) is 4.79 Å². The normalized spacial score (nSPS) is 9.00. The standard InChI is InChI=1S/C8H14N2O3/c1-3-5-10(6-7(11)12)8(13)9-4-2/h3H,1,4-6H2,2H3,(H,9,13)(H,11,12). The van der Waals surface area contributed by atoms with Gasteiger partial charge in [0.25, 0.3) is 0 Å². The first kappa shape index (κ1) is 11.5. The van der Waals surface area contributed by atoms with Gasteiger partial charge in [-0.05, 0) is 6.92 Å². The summed E-state index contributed by atoms with van der Waals surface area (Å²) in [4.78, 5) is 22.7. The molecule has 0 unspecified atom stereocenters. The molecule has 0 bridgehead atoms. The second kappa shape index (κ2) is 6.05. The minimum Gasteiger partial charge on any atom is -0.480 e. The molecular weight excluding hydrogens is 172 g/mol. The molecule has 0 rings (SSSR count). The molecular formula is C8H14N2O3. The molecule has 0 fully saturated rings. The molecule has 0 saturated heterocycles. The van der Waals surface area contributed by atoms with E-state index in [1.807, 2.05) is 0 Å². The van der Waals surface area contributed by atoms with Gasteiger partial charge in [-0.25, -0.2) is 4.79 Å². The van der Waals surface area contributed by atoms with Crippen molar-refractivity contribution in [2.24, 2.45) is 0 Å². The summed E-state index contributed by atoms with van der Waals surface area (Å²) in [7, 11) is 0. The second-order valence-corrected chi connectivity index (χ2v) is 2.40. The van der Waals surface area contributed by atoms with Crippen molar-refractivity contribution in [3.63, 3.8) is 0 Å². The third-order valence-electron chi connectivity index (χ3n) is 1.29. The summed E-state index contributed by atoms with van der Waals surface area (Å²) in [5.41, 5.74) is 0. The molecule has 0 aromatic rings. The lowest BCUT2D eigenvalue weighted by Crippen LogP contribution is -2.42. The van der Waals surface area contributed by atoms with Crippen LogP contribution < -0.4 is 5.32 Å².